The zero-order valence-electron chi connectivity index (χ0n) is 38.4. The summed E-state index contributed by atoms with van der Waals surface area (Å²) in [6.07, 6.45) is 26.3. The highest BCUT2D eigenvalue weighted by atomic mass is 16.5. The van der Waals surface area contributed by atoms with Gasteiger partial charge in [0.2, 0.25) is 0 Å². The van der Waals surface area contributed by atoms with E-state index in [-0.39, 0.29) is 23.0 Å². The van der Waals surface area contributed by atoms with Crippen LogP contribution in [-0.4, -0.2) is 102 Å². The Labute approximate surface area is 353 Å². The maximum Gasteiger partial charge on any atom is 0.0637 e. The van der Waals surface area contributed by atoms with E-state index >= 15 is 0 Å². The number of unbranched alkanes of at least 4 members (excludes halogenated alkanes) is 5. The van der Waals surface area contributed by atoms with Crippen LogP contribution >= 0.6 is 0 Å². The third-order valence-corrected chi connectivity index (χ3v) is 15.4. The molecule has 9 N–H and O–H groups in total. The molecular formula is C48H98N6O3. The zero-order chi connectivity index (χ0) is 41.4. The van der Waals surface area contributed by atoms with Gasteiger partial charge in [-0.3, -0.25) is 0 Å². The molecule has 57 heavy (non-hydrogen) atoms. The number of ether oxygens (including phenoxy) is 3. The highest BCUT2D eigenvalue weighted by Gasteiger charge is 2.63. The molecule has 3 fully saturated rings. The van der Waals surface area contributed by atoms with Gasteiger partial charge in [0, 0.05) is 25.2 Å². The smallest absolute Gasteiger partial charge is 0.0637 e. The van der Waals surface area contributed by atoms with Crippen LogP contribution in [0.1, 0.15) is 169 Å². The Balaban J connectivity index is 1.79. The fourth-order valence-electron chi connectivity index (χ4n) is 12.0. The predicted molar refractivity (Wildman–Crippen MR) is 242 cm³/mol. The Morgan fingerprint density at radius 3 is 1.96 bits per heavy atom. The molecule has 0 heterocycles. The quantitative estimate of drug-likeness (QED) is 0.0406. The van der Waals surface area contributed by atoms with E-state index in [0.717, 1.165) is 90.8 Å². The average molecular weight is 807 g/mol. The summed E-state index contributed by atoms with van der Waals surface area (Å²) in [5.41, 5.74) is 24.0. The third kappa shape index (κ3) is 16.1. The second-order valence-electron chi connectivity index (χ2n) is 19.4. The lowest BCUT2D eigenvalue weighted by Crippen LogP contribution is -2.59. The number of rotatable bonds is 34. The van der Waals surface area contributed by atoms with Crippen molar-refractivity contribution in [1.82, 2.24) is 10.2 Å². The first-order chi connectivity index (χ1) is 27.7. The summed E-state index contributed by atoms with van der Waals surface area (Å²) in [5, 5.41) is 3.61. The molecule has 0 aromatic heterocycles. The maximum absolute atomic E-state index is 7.14. The van der Waals surface area contributed by atoms with Crippen molar-refractivity contribution in [2.24, 2.45) is 63.4 Å². The van der Waals surface area contributed by atoms with Crippen LogP contribution in [0.2, 0.25) is 0 Å². The molecule has 0 amide bonds. The number of fused-ring (bicyclic) bond motifs is 1. The molecule has 3 saturated carbocycles. The fourth-order valence-corrected chi connectivity index (χ4v) is 12.0. The molecule has 338 valence electrons. The fraction of sp³-hybridized carbons (Fsp3) is 1.00. The molecule has 8 atom stereocenters. The van der Waals surface area contributed by atoms with Crippen molar-refractivity contribution < 1.29 is 14.2 Å². The molecule has 9 nitrogen and oxygen atoms in total. The van der Waals surface area contributed by atoms with Gasteiger partial charge in [0.25, 0.3) is 0 Å². The van der Waals surface area contributed by atoms with Crippen LogP contribution < -0.4 is 28.3 Å². The summed E-state index contributed by atoms with van der Waals surface area (Å²) in [6.45, 7) is 23.5. The van der Waals surface area contributed by atoms with Gasteiger partial charge in [-0.15, -0.1) is 0 Å². The summed E-state index contributed by atoms with van der Waals surface area (Å²) in [7, 11) is 0. The molecule has 1 unspecified atom stereocenters. The number of nitrogens with zero attached hydrogens (tertiary/aromatic N) is 1. The van der Waals surface area contributed by atoms with E-state index in [4.69, 9.17) is 37.1 Å². The average Bonchev–Trinajstić information content (AvgIpc) is 3.57. The van der Waals surface area contributed by atoms with Crippen molar-refractivity contribution in [3.8, 4) is 0 Å². The lowest BCUT2D eigenvalue weighted by atomic mass is 9.48. The Hall–Kier alpha value is -0.360. The van der Waals surface area contributed by atoms with Gasteiger partial charge < -0.3 is 47.4 Å². The van der Waals surface area contributed by atoms with Crippen molar-refractivity contribution in [3.63, 3.8) is 0 Å². The minimum atomic E-state index is 0.131. The molecule has 3 aliphatic rings. The van der Waals surface area contributed by atoms with Gasteiger partial charge in [-0.25, -0.2) is 0 Å². The van der Waals surface area contributed by atoms with Crippen molar-refractivity contribution >= 4 is 0 Å². The van der Waals surface area contributed by atoms with Crippen molar-refractivity contribution in [3.05, 3.63) is 0 Å². The van der Waals surface area contributed by atoms with E-state index in [2.05, 4.69) is 44.8 Å². The number of hydrogen-bond acceptors (Lipinski definition) is 9. The molecule has 0 aromatic carbocycles. The van der Waals surface area contributed by atoms with Crippen LogP contribution in [0.3, 0.4) is 0 Å². The van der Waals surface area contributed by atoms with Gasteiger partial charge in [0.15, 0.2) is 0 Å². The third-order valence-electron chi connectivity index (χ3n) is 15.4. The second-order valence-corrected chi connectivity index (χ2v) is 19.4. The van der Waals surface area contributed by atoms with Crippen LogP contribution in [0, 0.1) is 40.4 Å². The molecule has 0 aliphatic heterocycles. The number of nitrogens with one attached hydrogen (secondary N) is 1. The van der Waals surface area contributed by atoms with E-state index in [9.17, 15) is 0 Å². The minimum absolute atomic E-state index is 0.131. The van der Waals surface area contributed by atoms with E-state index in [0.29, 0.717) is 55.3 Å². The molecular weight excluding hydrogens is 709 g/mol. The van der Waals surface area contributed by atoms with Crippen LogP contribution in [-0.2, 0) is 14.2 Å². The molecule has 9 heteroatoms. The van der Waals surface area contributed by atoms with E-state index < -0.39 is 0 Å². The molecule has 3 aliphatic carbocycles. The van der Waals surface area contributed by atoms with Crippen molar-refractivity contribution in [2.45, 2.75) is 188 Å². The molecule has 3 rings (SSSR count). The van der Waals surface area contributed by atoms with Gasteiger partial charge in [0.1, 0.15) is 0 Å². The Bertz CT molecular complexity index is 968. The first-order valence-electron chi connectivity index (χ1n) is 24.8. The lowest BCUT2D eigenvalue weighted by Gasteiger charge is -2.60. The highest BCUT2D eigenvalue weighted by Crippen LogP contribution is 2.66. The molecule has 0 saturated heterocycles. The summed E-state index contributed by atoms with van der Waals surface area (Å²) in [6, 6.07) is 0. The Kier molecular flexibility index (Phi) is 26.0. The van der Waals surface area contributed by atoms with Gasteiger partial charge >= 0.3 is 0 Å². The summed E-state index contributed by atoms with van der Waals surface area (Å²) < 4.78 is 20.4. The number of nitrogens with two attached hydrogens (primary N) is 4. The summed E-state index contributed by atoms with van der Waals surface area (Å²) in [5.74, 6) is 3.03. The van der Waals surface area contributed by atoms with E-state index in [1.165, 1.54) is 103 Å². The SMILES string of the molecule is CCCCCCCCN(CCCNCCCN)CCC[C@@H](C)[C@H]1CC[C@H]2C([C@@H](CC)OCCCN)[C@@H](C3(C)CCC(OCCCN)CC3)C[C@H](OCCCN)[C@]12C. The van der Waals surface area contributed by atoms with Crippen LogP contribution in [0.5, 0.6) is 0 Å². The van der Waals surface area contributed by atoms with Crippen molar-refractivity contribution in [1.29, 1.82) is 0 Å². The van der Waals surface area contributed by atoms with Gasteiger partial charge in [0.05, 0.1) is 18.3 Å². The monoisotopic (exact) mass is 807 g/mol. The maximum atomic E-state index is 7.14. The van der Waals surface area contributed by atoms with E-state index in [1.54, 1.807) is 0 Å². The lowest BCUT2D eigenvalue weighted by molar-refractivity contribution is -0.191. The molecule has 0 aromatic rings. The van der Waals surface area contributed by atoms with Gasteiger partial charge in [-0.1, -0.05) is 66.7 Å². The molecule has 0 radical (unpaired) electrons. The highest BCUT2D eigenvalue weighted by molar-refractivity contribution is 5.12. The summed E-state index contributed by atoms with van der Waals surface area (Å²) >= 11 is 0. The normalized spacial score (nSPS) is 30.2. The van der Waals surface area contributed by atoms with Crippen LogP contribution in [0.25, 0.3) is 0 Å². The van der Waals surface area contributed by atoms with Crippen LogP contribution in [0.15, 0.2) is 0 Å². The first-order valence-corrected chi connectivity index (χ1v) is 24.8. The Morgan fingerprint density at radius 2 is 1.28 bits per heavy atom. The first kappa shape index (κ1) is 51.0. The topological polar surface area (TPSA) is 147 Å². The van der Waals surface area contributed by atoms with Crippen LogP contribution in [0.4, 0.5) is 0 Å². The zero-order valence-corrected chi connectivity index (χ0v) is 38.4. The van der Waals surface area contributed by atoms with Gasteiger partial charge in [-0.05, 0) is 197 Å². The van der Waals surface area contributed by atoms with Gasteiger partial charge in [-0.2, -0.15) is 0 Å². The predicted octanol–water partition coefficient (Wildman–Crippen LogP) is 8.25. The number of hydrogen-bond donors (Lipinski definition) is 5. The molecule has 0 spiro atoms. The molecule has 0 bridgehead atoms. The largest absolute Gasteiger partial charge is 0.378 e. The summed E-state index contributed by atoms with van der Waals surface area (Å²) in [4.78, 5) is 2.79. The standard InChI is InChI=1S/C48H98N6O3/c1-6-8-9-10-11-12-32-54(34-18-31-53-30-14-26-49)33-13-19-39(3)41-20-21-42-46(44(7-2)56-36-16-28-51)43(38-45(48(41,42)5)57-37-17-29-52)47(4)24-22-40(23-25-47)55-35-15-27-50/h39-46,53H,6-38,49-52H2,1-5H3/t39-,40?,41-,42+,43+,44-,45+,46?,47?,48-/m1/s1. The van der Waals surface area contributed by atoms with Crippen molar-refractivity contribution in [2.75, 3.05) is 78.7 Å². The Morgan fingerprint density at radius 1 is 0.667 bits per heavy atom. The minimum Gasteiger partial charge on any atom is -0.378 e. The van der Waals surface area contributed by atoms with E-state index in [1.807, 2.05) is 0 Å². The second kappa shape index (κ2) is 29.0.